The number of hydrogen-bond acceptors (Lipinski definition) is 3. The Morgan fingerprint density at radius 3 is 2.00 bits per heavy atom. The second kappa shape index (κ2) is 5.10. The molecule has 0 spiro atoms. The molecule has 4 heteroatoms. The molecule has 0 aliphatic heterocycles. The van der Waals surface area contributed by atoms with Gasteiger partial charge in [-0.3, -0.25) is 10.1 Å². The molecule has 0 bridgehead atoms. The van der Waals surface area contributed by atoms with Gasteiger partial charge in [0, 0.05) is 12.1 Å². The summed E-state index contributed by atoms with van der Waals surface area (Å²) in [7, 11) is 1.64. The Kier molecular flexibility index (Phi) is 3.51. The molecule has 2 aromatic carbocycles. The molecule has 2 rings (SSSR count). The van der Waals surface area contributed by atoms with E-state index in [0.717, 1.165) is 28.0 Å². The lowest BCUT2D eigenvalue weighted by Gasteiger charge is -2.12. The summed E-state index contributed by atoms with van der Waals surface area (Å²) >= 11 is 0. The molecule has 0 saturated heterocycles. The molecule has 19 heavy (non-hydrogen) atoms. The summed E-state index contributed by atoms with van der Waals surface area (Å²) in [5, 5.41) is 10.7. The van der Waals surface area contributed by atoms with E-state index in [9.17, 15) is 10.1 Å². The van der Waals surface area contributed by atoms with Crippen molar-refractivity contribution < 1.29 is 9.66 Å². The van der Waals surface area contributed by atoms with Gasteiger partial charge in [0.15, 0.2) is 0 Å². The lowest BCUT2D eigenvalue weighted by Crippen LogP contribution is -1.92. The van der Waals surface area contributed by atoms with Gasteiger partial charge in [0.1, 0.15) is 5.75 Å². The summed E-state index contributed by atoms with van der Waals surface area (Å²) in [6, 6.07) is 10.5. The maximum atomic E-state index is 10.7. The normalized spacial score (nSPS) is 10.3. The van der Waals surface area contributed by atoms with Gasteiger partial charge in [-0.15, -0.1) is 0 Å². The zero-order valence-electron chi connectivity index (χ0n) is 11.1. The summed E-state index contributed by atoms with van der Waals surface area (Å²) in [6.45, 7) is 4.01. The Balaban J connectivity index is 2.50. The van der Waals surface area contributed by atoms with Gasteiger partial charge < -0.3 is 4.74 Å². The quantitative estimate of drug-likeness (QED) is 0.619. The lowest BCUT2D eigenvalue weighted by atomic mass is 9.95. The minimum atomic E-state index is -0.391. The number of benzene rings is 2. The zero-order chi connectivity index (χ0) is 14.0. The van der Waals surface area contributed by atoms with Crippen LogP contribution in [0.2, 0.25) is 0 Å². The van der Waals surface area contributed by atoms with Gasteiger partial charge in [-0.2, -0.15) is 0 Å². The molecule has 0 saturated carbocycles. The van der Waals surface area contributed by atoms with E-state index in [2.05, 4.69) is 0 Å². The topological polar surface area (TPSA) is 52.4 Å². The van der Waals surface area contributed by atoms with Crippen molar-refractivity contribution in [1.82, 2.24) is 0 Å². The Labute approximate surface area is 111 Å². The van der Waals surface area contributed by atoms with Crippen LogP contribution in [0.15, 0.2) is 36.4 Å². The predicted molar refractivity (Wildman–Crippen MR) is 74.6 cm³/mol. The second-order valence-corrected chi connectivity index (χ2v) is 4.44. The average Bonchev–Trinajstić information content (AvgIpc) is 2.38. The van der Waals surface area contributed by atoms with Crippen LogP contribution in [0.4, 0.5) is 5.69 Å². The number of aryl methyl sites for hydroxylation is 2. The fraction of sp³-hybridized carbons (Fsp3) is 0.200. The number of nitrogens with zero attached hydrogens (tertiary/aromatic N) is 1. The number of methoxy groups -OCH3 is 1. The highest BCUT2D eigenvalue weighted by Crippen LogP contribution is 2.31. The molecule has 0 fully saturated rings. The molecule has 0 aromatic heterocycles. The summed E-state index contributed by atoms with van der Waals surface area (Å²) in [5.74, 6) is 0.820. The molecule has 98 valence electrons. The van der Waals surface area contributed by atoms with Crippen LogP contribution >= 0.6 is 0 Å². The Hall–Kier alpha value is -2.36. The van der Waals surface area contributed by atoms with Crippen LogP contribution in [0.1, 0.15) is 11.1 Å². The van der Waals surface area contributed by atoms with Crippen molar-refractivity contribution in [1.29, 1.82) is 0 Å². The molecular weight excluding hydrogens is 242 g/mol. The summed E-state index contributed by atoms with van der Waals surface area (Å²) in [6.07, 6.45) is 0. The SMILES string of the molecule is COc1cc(C)c(-c2ccc([N+](=O)[O-])cc2)c(C)c1. The molecule has 0 amide bonds. The van der Waals surface area contributed by atoms with E-state index < -0.39 is 4.92 Å². The smallest absolute Gasteiger partial charge is 0.269 e. The minimum Gasteiger partial charge on any atom is -0.497 e. The fourth-order valence-corrected chi connectivity index (χ4v) is 2.25. The van der Waals surface area contributed by atoms with Gasteiger partial charge >= 0.3 is 0 Å². The summed E-state index contributed by atoms with van der Waals surface area (Å²) < 4.78 is 5.23. The maximum absolute atomic E-state index is 10.7. The van der Waals surface area contributed by atoms with Crippen molar-refractivity contribution in [3.05, 3.63) is 57.6 Å². The Bertz CT molecular complexity index is 595. The Morgan fingerprint density at radius 1 is 1.05 bits per heavy atom. The third kappa shape index (κ3) is 2.57. The van der Waals surface area contributed by atoms with Gasteiger partial charge in [-0.1, -0.05) is 0 Å². The number of non-ortho nitro benzene ring substituents is 1. The van der Waals surface area contributed by atoms with Gasteiger partial charge in [0.05, 0.1) is 12.0 Å². The first-order valence-electron chi connectivity index (χ1n) is 5.93. The van der Waals surface area contributed by atoms with Crippen LogP contribution in [0, 0.1) is 24.0 Å². The fourth-order valence-electron chi connectivity index (χ4n) is 2.25. The molecule has 4 nitrogen and oxygen atoms in total. The van der Waals surface area contributed by atoms with E-state index in [0.29, 0.717) is 0 Å². The highest BCUT2D eigenvalue weighted by molar-refractivity contribution is 5.72. The molecule has 0 aliphatic carbocycles. The van der Waals surface area contributed by atoms with Gasteiger partial charge in [0.25, 0.3) is 5.69 Å². The molecule has 0 N–H and O–H groups in total. The molecule has 2 aromatic rings. The highest BCUT2D eigenvalue weighted by Gasteiger charge is 2.10. The predicted octanol–water partition coefficient (Wildman–Crippen LogP) is 3.89. The van der Waals surface area contributed by atoms with E-state index in [-0.39, 0.29) is 5.69 Å². The van der Waals surface area contributed by atoms with Crippen molar-refractivity contribution in [2.45, 2.75) is 13.8 Å². The number of nitro benzene ring substituents is 1. The first kappa shape index (κ1) is 13.1. The molecule has 0 unspecified atom stereocenters. The van der Waals surface area contributed by atoms with Crippen LogP contribution in [0.25, 0.3) is 11.1 Å². The van der Waals surface area contributed by atoms with E-state index in [1.165, 1.54) is 12.1 Å². The van der Waals surface area contributed by atoms with Crippen LogP contribution in [0.3, 0.4) is 0 Å². The van der Waals surface area contributed by atoms with Gasteiger partial charge in [0.2, 0.25) is 0 Å². The molecule has 0 heterocycles. The summed E-state index contributed by atoms with van der Waals surface area (Å²) in [4.78, 5) is 10.3. The highest BCUT2D eigenvalue weighted by atomic mass is 16.6. The largest absolute Gasteiger partial charge is 0.497 e. The number of nitro groups is 1. The second-order valence-electron chi connectivity index (χ2n) is 4.44. The molecule has 0 radical (unpaired) electrons. The zero-order valence-corrected chi connectivity index (χ0v) is 11.1. The number of hydrogen-bond donors (Lipinski definition) is 0. The first-order chi connectivity index (χ1) is 9.02. The number of ether oxygens (including phenoxy) is 1. The van der Waals surface area contributed by atoms with Crippen molar-refractivity contribution in [3.63, 3.8) is 0 Å². The maximum Gasteiger partial charge on any atom is 0.269 e. The van der Waals surface area contributed by atoms with E-state index in [4.69, 9.17) is 4.74 Å². The summed E-state index contributed by atoms with van der Waals surface area (Å²) in [5.41, 5.74) is 4.35. The first-order valence-corrected chi connectivity index (χ1v) is 5.93. The lowest BCUT2D eigenvalue weighted by molar-refractivity contribution is -0.384. The third-order valence-electron chi connectivity index (χ3n) is 3.11. The van der Waals surface area contributed by atoms with E-state index in [1.807, 2.05) is 26.0 Å². The van der Waals surface area contributed by atoms with Crippen LogP contribution in [-0.2, 0) is 0 Å². The standard InChI is InChI=1S/C15H15NO3/c1-10-8-14(19-3)9-11(2)15(10)12-4-6-13(7-5-12)16(17)18/h4-9H,1-3H3. The molecule has 0 aliphatic rings. The number of rotatable bonds is 3. The van der Waals surface area contributed by atoms with Crippen molar-refractivity contribution in [2.24, 2.45) is 0 Å². The van der Waals surface area contributed by atoms with Gasteiger partial charge in [-0.05, 0) is 60.4 Å². The van der Waals surface area contributed by atoms with Gasteiger partial charge in [-0.25, -0.2) is 0 Å². The average molecular weight is 257 g/mol. The Morgan fingerprint density at radius 2 is 1.58 bits per heavy atom. The third-order valence-corrected chi connectivity index (χ3v) is 3.11. The molecular formula is C15H15NO3. The van der Waals surface area contributed by atoms with Crippen molar-refractivity contribution in [2.75, 3.05) is 7.11 Å². The molecule has 0 atom stereocenters. The van der Waals surface area contributed by atoms with Crippen LogP contribution < -0.4 is 4.74 Å². The van der Waals surface area contributed by atoms with E-state index >= 15 is 0 Å². The van der Waals surface area contributed by atoms with Crippen molar-refractivity contribution >= 4 is 5.69 Å². The van der Waals surface area contributed by atoms with Crippen molar-refractivity contribution in [3.8, 4) is 16.9 Å². The van der Waals surface area contributed by atoms with E-state index in [1.54, 1.807) is 19.2 Å². The minimum absolute atomic E-state index is 0.104. The monoisotopic (exact) mass is 257 g/mol. The van der Waals surface area contributed by atoms with Crippen LogP contribution in [-0.4, -0.2) is 12.0 Å². The van der Waals surface area contributed by atoms with Crippen LogP contribution in [0.5, 0.6) is 5.75 Å².